The molecule has 1 aromatic carbocycles. The lowest BCUT2D eigenvalue weighted by Gasteiger charge is -2.10. The van der Waals surface area contributed by atoms with Crippen LogP contribution in [0.5, 0.6) is 0 Å². The van der Waals surface area contributed by atoms with Gasteiger partial charge in [0.2, 0.25) is 0 Å². The van der Waals surface area contributed by atoms with Crippen molar-refractivity contribution in [3.63, 3.8) is 0 Å². The average molecular weight is 296 g/mol. The van der Waals surface area contributed by atoms with Gasteiger partial charge in [-0.05, 0) is 55.7 Å². The summed E-state index contributed by atoms with van der Waals surface area (Å²) in [7, 11) is 0. The Morgan fingerprint density at radius 1 is 0.905 bits per heavy atom. The normalized spacial score (nSPS) is 10.5. The van der Waals surface area contributed by atoms with Gasteiger partial charge in [-0.3, -0.25) is 9.59 Å². The molecular weight excluding hydrogens is 275 g/mol. The van der Waals surface area contributed by atoms with Crippen LogP contribution < -0.4 is 0 Å². The van der Waals surface area contributed by atoms with Crippen molar-refractivity contribution in [1.29, 1.82) is 0 Å². The lowest BCUT2D eigenvalue weighted by molar-refractivity contribution is -0.138. The van der Waals surface area contributed by atoms with Gasteiger partial charge >= 0.3 is 11.9 Å². The highest BCUT2D eigenvalue weighted by Crippen LogP contribution is 2.19. The van der Waals surface area contributed by atoms with Gasteiger partial charge < -0.3 is 10.2 Å². The van der Waals surface area contributed by atoms with Crippen LogP contribution >= 0.6 is 0 Å². The first-order chi connectivity index (χ1) is 10.0. The summed E-state index contributed by atoms with van der Waals surface area (Å²) in [6.45, 7) is 0. The van der Waals surface area contributed by atoms with Crippen LogP contribution in [-0.2, 0) is 22.4 Å². The number of halogens is 1. The predicted molar refractivity (Wildman–Crippen MR) is 76.8 cm³/mol. The first kappa shape index (κ1) is 17.1. The molecule has 0 fully saturated rings. The minimum absolute atomic E-state index is 0.0996. The molecule has 0 saturated carbocycles. The maximum absolute atomic E-state index is 13.9. The molecule has 4 nitrogen and oxygen atoms in total. The second-order valence-corrected chi connectivity index (χ2v) is 5.08. The number of rotatable bonds is 10. The van der Waals surface area contributed by atoms with Crippen molar-refractivity contribution in [2.75, 3.05) is 0 Å². The van der Waals surface area contributed by atoms with Crippen LogP contribution in [0.1, 0.15) is 49.7 Å². The molecule has 0 aliphatic carbocycles. The van der Waals surface area contributed by atoms with E-state index in [4.69, 9.17) is 10.2 Å². The molecule has 0 aromatic heterocycles. The zero-order valence-electron chi connectivity index (χ0n) is 12.0. The Labute approximate surface area is 123 Å². The molecule has 5 heteroatoms. The second-order valence-electron chi connectivity index (χ2n) is 5.08. The summed E-state index contributed by atoms with van der Waals surface area (Å²) < 4.78 is 13.9. The van der Waals surface area contributed by atoms with Gasteiger partial charge in [-0.25, -0.2) is 4.39 Å². The third kappa shape index (κ3) is 6.88. The highest BCUT2D eigenvalue weighted by Gasteiger charge is 2.09. The van der Waals surface area contributed by atoms with Gasteiger partial charge in [0.1, 0.15) is 5.82 Å². The second kappa shape index (κ2) is 9.10. The maximum Gasteiger partial charge on any atom is 0.303 e. The molecule has 0 atom stereocenters. The first-order valence-electron chi connectivity index (χ1n) is 7.20. The SMILES string of the molecule is O=C(O)CCCCc1cccc(F)c1CCCCC(=O)O. The number of benzene rings is 1. The Hall–Kier alpha value is -1.91. The van der Waals surface area contributed by atoms with Gasteiger partial charge in [0.15, 0.2) is 0 Å². The third-order valence-electron chi connectivity index (χ3n) is 3.37. The Morgan fingerprint density at radius 3 is 2.05 bits per heavy atom. The van der Waals surface area contributed by atoms with E-state index in [9.17, 15) is 14.0 Å². The predicted octanol–water partition coefficient (Wildman–Crippen LogP) is 3.42. The third-order valence-corrected chi connectivity index (χ3v) is 3.37. The van der Waals surface area contributed by atoms with E-state index >= 15 is 0 Å². The summed E-state index contributed by atoms with van der Waals surface area (Å²) in [6, 6.07) is 4.92. The van der Waals surface area contributed by atoms with Crippen LogP contribution in [0.15, 0.2) is 18.2 Å². The smallest absolute Gasteiger partial charge is 0.303 e. The van der Waals surface area contributed by atoms with E-state index in [1.165, 1.54) is 6.07 Å². The van der Waals surface area contributed by atoms with Crippen LogP contribution in [0.4, 0.5) is 4.39 Å². The van der Waals surface area contributed by atoms with Crippen LogP contribution in [0, 0.1) is 5.82 Å². The monoisotopic (exact) mass is 296 g/mol. The van der Waals surface area contributed by atoms with E-state index in [0.717, 1.165) is 5.56 Å². The molecule has 0 amide bonds. The van der Waals surface area contributed by atoms with E-state index in [1.807, 2.05) is 6.07 Å². The molecule has 2 N–H and O–H groups in total. The van der Waals surface area contributed by atoms with E-state index in [0.29, 0.717) is 44.1 Å². The van der Waals surface area contributed by atoms with Crippen LogP contribution in [-0.4, -0.2) is 22.2 Å². The van der Waals surface area contributed by atoms with E-state index in [2.05, 4.69) is 0 Å². The fraction of sp³-hybridized carbons (Fsp3) is 0.500. The van der Waals surface area contributed by atoms with E-state index < -0.39 is 11.9 Å². The minimum atomic E-state index is -0.836. The van der Waals surface area contributed by atoms with E-state index in [1.54, 1.807) is 6.07 Å². The topological polar surface area (TPSA) is 74.6 Å². The average Bonchev–Trinajstić information content (AvgIpc) is 2.41. The summed E-state index contributed by atoms with van der Waals surface area (Å²) in [5.74, 6) is -1.92. The molecule has 0 aliphatic heterocycles. The lowest BCUT2D eigenvalue weighted by Crippen LogP contribution is -2.01. The number of hydrogen-bond donors (Lipinski definition) is 2. The summed E-state index contributed by atoms with van der Waals surface area (Å²) >= 11 is 0. The van der Waals surface area contributed by atoms with Crippen molar-refractivity contribution in [2.24, 2.45) is 0 Å². The molecule has 0 heterocycles. The number of carboxylic acids is 2. The Bertz CT molecular complexity index is 485. The quantitative estimate of drug-likeness (QED) is 0.649. The summed E-state index contributed by atoms with van der Waals surface area (Å²) in [5, 5.41) is 17.2. The minimum Gasteiger partial charge on any atom is -0.481 e. The molecule has 21 heavy (non-hydrogen) atoms. The summed E-state index contributed by atoms with van der Waals surface area (Å²) in [5.41, 5.74) is 1.54. The van der Waals surface area contributed by atoms with Gasteiger partial charge in [-0.2, -0.15) is 0 Å². The van der Waals surface area contributed by atoms with Crippen molar-refractivity contribution >= 4 is 11.9 Å². The molecule has 1 rings (SSSR count). The fourth-order valence-electron chi connectivity index (χ4n) is 2.29. The largest absolute Gasteiger partial charge is 0.481 e. The van der Waals surface area contributed by atoms with E-state index in [-0.39, 0.29) is 18.7 Å². The first-order valence-corrected chi connectivity index (χ1v) is 7.20. The Balaban J connectivity index is 2.52. The van der Waals surface area contributed by atoms with Crippen LogP contribution in [0.2, 0.25) is 0 Å². The number of carboxylic acid groups (broad SMARTS) is 2. The van der Waals surface area contributed by atoms with Crippen molar-refractivity contribution in [2.45, 2.75) is 51.4 Å². The van der Waals surface area contributed by atoms with Crippen LogP contribution in [0.25, 0.3) is 0 Å². The Kier molecular flexibility index (Phi) is 7.43. The molecule has 0 unspecified atom stereocenters. The molecule has 1 aromatic rings. The van der Waals surface area contributed by atoms with Crippen molar-refractivity contribution in [1.82, 2.24) is 0 Å². The van der Waals surface area contributed by atoms with Gasteiger partial charge in [-0.15, -0.1) is 0 Å². The van der Waals surface area contributed by atoms with Gasteiger partial charge in [0.25, 0.3) is 0 Å². The van der Waals surface area contributed by atoms with Gasteiger partial charge in [0, 0.05) is 12.8 Å². The fourth-order valence-corrected chi connectivity index (χ4v) is 2.29. The number of aryl methyl sites for hydroxylation is 1. The lowest BCUT2D eigenvalue weighted by atomic mass is 9.96. The standard InChI is InChI=1S/C16H21FO4/c17-14-9-5-7-12(6-1-3-10-15(18)19)13(14)8-2-4-11-16(20)21/h5,7,9H,1-4,6,8,10-11H2,(H,18,19)(H,20,21). The number of aliphatic carboxylic acids is 2. The molecule has 0 bridgehead atoms. The maximum atomic E-state index is 13.9. The molecule has 0 radical (unpaired) electrons. The Morgan fingerprint density at radius 2 is 1.48 bits per heavy atom. The van der Waals surface area contributed by atoms with Crippen molar-refractivity contribution in [3.05, 3.63) is 35.1 Å². The molecule has 0 saturated heterocycles. The molecule has 0 aliphatic rings. The van der Waals surface area contributed by atoms with Crippen LogP contribution in [0.3, 0.4) is 0 Å². The number of hydrogen-bond acceptors (Lipinski definition) is 2. The number of carbonyl (C=O) groups is 2. The summed E-state index contributed by atoms with van der Waals surface area (Å²) in [6.07, 6.45) is 3.85. The highest BCUT2D eigenvalue weighted by atomic mass is 19.1. The van der Waals surface area contributed by atoms with Crippen molar-refractivity contribution in [3.8, 4) is 0 Å². The number of unbranched alkanes of at least 4 members (excludes halogenated alkanes) is 2. The zero-order valence-corrected chi connectivity index (χ0v) is 12.0. The molecule has 0 spiro atoms. The van der Waals surface area contributed by atoms with Gasteiger partial charge in [0.05, 0.1) is 0 Å². The molecule has 116 valence electrons. The van der Waals surface area contributed by atoms with Crippen molar-refractivity contribution < 1.29 is 24.2 Å². The summed E-state index contributed by atoms with van der Waals surface area (Å²) in [4.78, 5) is 20.9. The highest BCUT2D eigenvalue weighted by molar-refractivity contribution is 5.66. The molecular formula is C16H21FO4. The zero-order chi connectivity index (χ0) is 15.7. The van der Waals surface area contributed by atoms with Gasteiger partial charge in [-0.1, -0.05) is 12.1 Å².